The second-order valence-corrected chi connectivity index (χ2v) is 5.83. The maximum Gasteiger partial charge on any atom is 0.416 e. The van der Waals surface area contributed by atoms with Gasteiger partial charge in [-0.1, -0.05) is 29.8 Å². The second-order valence-electron chi connectivity index (χ2n) is 5.39. The topological polar surface area (TPSA) is 49.3 Å². The van der Waals surface area contributed by atoms with Crippen LogP contribution in [-0.2, 0) is 11.0 Å². The number of aromatic hydroxyl groups is 1. The van der Waals surface area contributed by atoms with Crippen molar-refractivity contribution >= 4 is 23.2 Å². The number of hydrogen-bond acceptors (Lipinski definition) is 2. The van der Waals surface area contributed by atoms with E-state index in [2.05, 4.69) is 5.32 Å². The largest absolute Gasteiger partial charge is 0.508 e. The molecule has 0 bridgehead atoms. The number of hydrogen-bond donors (Lipinski definition) is 2. The lowest BCUT2D eigenvalue weighted by Crippen LogP contribution is -2.18. The number of halogens is 4. The number of carbonyl (C=O) groups is 1. The van der Waals surface area contributed by atoms with E-state index in [-0.39, 0.29) is 5.91 Å². The SMILES string of the molecule is C/C=C(\NC(C)=O)c1ccc(C(F)(F)F)cc1.Cc1cc(Cl)ccc1O. The van der Waals surface area contributed by atoms with Gasteiger partial charge < -0.3 is 10.4 Å². The summed E-state index contributed by atoms with van der Waals surface area (Å²) in [6.45, 7) is 4.84. The molecule has 3 nitrogen and oxygen atoms in total. The molecule has 0 heterocycles. The summed E-state index contributed by atoms with van der Waals surface area (Å²) in [5.41, 5.74) is 1.13. The molecule has 2 aromatic rings. The maximum atomic E-state index is 12.3. The number of phenolic OH excluding ortho intramolecular Hbond substituents is 1. The number of benzene rings is 2. The summed E-state index contributed by atoms with van der Waals surface area (Å²) in [7, 11) is 0. The number of phenols is 1. The standard InChI is InChI=1S/C12H12F3NO.C7H7ClO/c1-3-11(16-8(2)17)9-4-6-10(7-5-9)12(13,14)15;1-5-4-6(8)2-3-7(5)9/h3-7H,1-2H3,(H,16,17);2-4,9H,1H3/b11-3-;. The number of rotatable bonds is 2. The van der Waals surface area contributed by atoms with Gasteiger partial charge in [-0.05, 0) is 55.3 Å². The van der Waals surface area contributed by atoms with Gasteiger partial charge >= 0.3 is 6.18 Å². The fourth-order valence-electron chi connectivity index (χ4n) is 1.96. The Hall–Kier alpha value is -2.47. The van der Waals surface area contributed by atoms with E-state index in [1.165, 1.54) is 19.1 Å². The van der Waals surface area contributed by atoms with Crippen molar-refractivity contribution in [2.24, 2.45) is 0 Å². The van der Waals surface area contributed by atoms with Gasteiger partial charge in [-0.3, -0.25) is 4.79 Å². The van der Waals surface area contributed by atoms with Crippen molar-refractivity contribution in [2.75, 3.05) is 0 Å². The summed E-state index contributed by atoms with van der Waals surface area (Å²) < 4.78 is 37.0. The number of nitrogens with one attached hydrogen (secondary N) is 1. The molecular formula is C19H19ClF3NO2. The Kier molecular flexibility index (Phi) is 7.71. The van der Waals surface area contributed by atoms with Crippen LogP contribution in [0.2, 0.25) is 5.02 Å². The first-order valence-corrected chi connectivity index (χ1v) is 7.99. The first-order chi connectivity index (χ1) is 12.0. The fourth-order valence-corrected chi connectivity index (χ4v) is 2.18. The zero-order valence-corrected chi connectivity index (χ0v) is 15.2. The van der Waals surface area contributed by atoms with Crippen LogP contribution in [0.3, 0.4) is 0 Å². The van der Waals surface area contributed by atoms with E-state index in [0.29, 0.717) is 22.0 Å². The Bertz CT molecular complexity index is 784. The van der Waals surface area contributed by atoms with Gasteiger partial charge in [-0.25, -0.2) is 0 Å². The lowest BCUT2D eigenvalue weighted by Gasteiger charge is -2.10. The molecule has 0 radical (unpaired) electrons. The molecule has 2 N–H and O–H groups in total. The van der Waals surface area contributed by atoms with Gasteiger partial charge in [0.25, 0.3) is 0 Å². The van der Waals surface area contributed by atoms with Gasteiger partial charge in [0.1, 0.15) is 5.75 Å². The molecule has 0 aliphatic rings. The number of allylic oxidation sites excluding steroid dienone is 1. The van der Waals surface area contributed by atoms with Crippen molar-refractivity contribution in [3.63, 3.8) is 0 Å². The Morgan fingerprint density at radius 2 is 1.73 bits per heavy atom. The molecule has 0 aromatic heterocycles. The minimum Gasteiger partial charge on any atom is -0.508 e. The van der Waals surface area contributed by atoms with Gasteiger partial charge in [-0.2, -0.15) is 13.2 Å². The number of alkyl halides is 3. The predicted molar refractivity (Wildman–Crippen MR) is 96.8 cm³/mol. The summed E-state index contributed by atoms with van der Waals surface area (Å²) in [5.74, 6) is 0.0254. The minimum absolute atomic E-state index is 0.266. The van der Waals surface area contributed by atoms with Crippen LogP contribution >= 0.6 is 11.6 Å². The highest BCUT2D eigenvalue weighted by molar-refractivity contribution is 6.30. The highest BCUT2D eigenvalue weighted by Gasteiger charge is 2.30. The summed E-state index contributed by atoms with van der Waals surface area (Å²) in [6, 6.07) is 9.59. The van der Waals surface area contributed by atoms with Crippen LogP contribution in [0, 0.1) is 6.92 Å². The normalized spacial score (nSPS) is 11.4. The zero-order chi connectivity index (χ0) is 19.9. The van der Waals surface area contributed by atoms with Gasteiger partial charge in [-0.15, -0.1) is 0 Å². The van der Waals surface area contributed by atoms with Gasteiger partial charge in [0.15, 0.2) is 0 Å². The average molecular weight is 386 g/mol. The van der Waals surface area contributed by atoms with E-state index in [9.17, 15) is 18.0 Å². The quantitative estimate of drug-likeness (QED) is 0.711. The van der Waals surface area contributed by atoms with Crippen molar-refractivity contribution in [1.82, 2.24) is 5.32 Å². The summed E-state index contributed by atoms with van der Waals surface area (Å²) >= 11 is 5.61. The number of amides is 1. The average Bonchev–Trinajstić information content (AvgIpc) is 2.56. The van der Waals surface area contributed by atoms with Crippen LogP contribution < -0.4 is 5.32 Å². The molecule has 0 spiro atoms. The van der Waals surface area contributed by atoms with E-state index >= 15 is 0 Å². The van der Waals surface area contributed by atoms with Crippen LogP contribution in [0.1, 0.15) is 30.5 Å². The third kappa shape index (κ3) is 6.80. The summed E-state index contributed by atoms with van der Waals surface area (Å²) in [6.07, 6.45) is -2.72. The number of aryl methyl sites for hydroxylation is 1. The van der Waals surface area contributed by atoms with Crippen molar-refractivity contribution in [3.8, 4) is 5.75 Å². The molecule has 140 valence electrons. The molecule has 26 heavy (non-hydrogen) atoms. The molecule has 2 aromatic carbocycles. The van der Waals surface area contributed by atoms with Crippen molar-refractivity contribution in [3.05, 3.63) is 70.3 Å². The first kappa shape index (κ1) is 21.6. The van der Waals surface area contributed by atoms with E-state index < -0.39 is 11.7 Å². The molecule has 0 aliphatic carbocycles. The third-order valence-electron chi connectivity index (χ3n) is 3.28. The van der Waals surface area contributed by atoms with Gasteiger partial charge in [0.2, 0.25) is 5.91 Å². The molecule has 7 heteroatoms. The van der Waals surface area contributed by atoms with Gasteiger partial charge in [0.05, 0.1) is 5.56 Å². The van der Waals surface area contributed by atoms with Crippen LogP contribution in [0.15, 0.2) is 48.5 Å². The summed E-state index contributed by atoms with van der Waals surface area (Å²) in [5, 5.41) is 12.2. The van der Waals surface area contributed by atoms with Crippen LogP contribution in [0.4, 0.5) is 13.2 Å². The predicted octanol–water partition coefficient (Wildman–Crippen LogP) is 5.56. The smallest absolute Gasteiger partial charge is 0.416 e. The van der Waals surface area contributed by atoms with E-state index in [4.69, 9.17) is 16.7 Å². The molecule has 0 fully saturated rings. The molecule has 1 amide bonds. The fraction of sp³-hybridized carbons (Fsp3) is 0.211. The molecule has 0 atom stereocenters. The monoisotopic (exact) mass is 385 g/mol. The van der Waals surface area contributed by atoms with Crippen LogP contribution in [0.5, 0.6) is 5.75 Å². The van der Waals surface area contributed by atoms with Crippen LogP contribution in [-0.4, -0.2) is 11.0 Å². The molecular weight excluding hydrogens is 367 g/mol. The highest BCUT2D eigenvalue weighted by atomic mass is 35.5. The molecule has 2 rings (SSSR count). The lowest BCUT2D eigenvalue weighted by atomic mass is 10.1. The molecule has 0 saturated heterocycles. The third-order valence-corrected chi connectivity index (χ3v) is 3.52. The first-order valence-electron chi connectivity index (χ1n) is 7.61. The van der Waals surface area contributed by atoms with Crippen molar-refractivity contribution in [1.29, 1.82) is 0 Å². The highest BCUT2D eigenvalue weighted by Crippen LogP contribution is 2.29. The van der Waals surface area contributed by atoms with Gasteiger partial charge in [0, 0.05) is 17.6 Å². The molecule has 0 saturated carbocycles. The Labute approximate surface area is 155 Å². The van der Waals surface area contributed by atoms with E-state index in [1.54, 1.807) is 38.1 Å². The van der Waals surface area contributed by atoms with E-state index in [1.807, 2.05) is 0 Å². The Morgan fingerprint density at radius 1 is 1.15 bits per heavy atom. The second kappa shape index (κ2) is 9.29. The molecule has 0 aliphatic heterocycles. The Morgan fingerprint density at radius 3 is 2.12 bits per heavy atom. The van der Waals surface area contributed by atoms with E-state index in [0.717, 1.165) is 17.7 Å². The minimum atomic E-state index is -4.34. The summed E-state index contributed by atoms with van der Waals surface area (Å²) in [4.78, 5) is 10.9. The van der Waals surface area contributed by atoms with Crippen LogP contribution in [0.25, 0.3) is 5.70 Å². The lowest BCUT2D eigenvalue weighted by molar-refractivity contribution is -0.137. The maximum absolute atomic E-state index is 12.3. The zero-order valence-electron chi connectivity index (χ0n) is 14.5. The molecule has 0 unspecified atom stereocenters. The van der Waals surface area contributed by atoms with Crippen molar-refractivity contribution < 1.29 is 23.1 Å². The van der Waals surface area contributed by atoms with Crippen molar-refractivity contribution in [2.45, 2.75) is 26.9 Å². The number of carbonyl (C=O) groups excluding carboxylic acids is 1. The Balaban J connectivity index is 0.000000314.